The number of carbonyl (C=O) groups excluding carboxylic acids is 2. The summed E-state index contributed by atoms with van der Waals surface area (Å²) in [6.07, 6.45) is 89.7. The van der Waals surface area contributed by atoms with E-state index in [1.54, 1.807) is 6.08 Å². The zero-order chi connectivity index (χ0) is 57.8. The average Bonchev–Trinajstić information content (AvgIpc) is 3.46. The molecule has 472 valence electrons. The van der Waals surface area contributed by atoms with Crippen molar-refractivity contribution in [3.05, 3.63) is 36.5 Å². The normalized spacial score (nSPS) is 12.7. The van der Waals surface area contributed by atoms with Gasteiger partial charge in [0.2, 0.25) is 5.91 Å². The van der Waals surface area contributed by atoms with Crippen molar-refractivity contribution in [3.8, 4) is 0 Å². The summed E-state index contributed by atoms with van der Waals surface area (Å²) in [6, 6.07) is -0.624. The summed E-state index contributed by atoms with van der Waals surface area (Å²) in [5.41, 5.74) is 0. The number of aliphatic hydroxyl groups excluding tert-OH is 2. The maximum Gasteiger partial charge on any atom is 0.305 e. The molecular formula is C74H141NO5. The first-order chi connectivity index (χ1) is 39.5. The number of aliphatic hydroxyl groups is 2. The van der Waals surface area contributed by atoms with E-state index in [9.17, 15) is 19.8 Å². The van der Waals surface area contributed by atoms with Crippen molar-refractivity contribution in [3.63, 3.8) is 0 Å². The second kappa shape index (κ2) is 69.6. The van der Waals surface area contributed by atoms with Gasteiger partial charge in [-0.1, -0.05) is 346 Å². The molecule has 0 radical (unpaired) electrons. The Morgan fingerprint density at radius 1 is 0.338 bits per heavy atom. The van der Waals surface area contributed by atoms with Crippen molar-refractivity contribution in [1.82, 2.24) is 5.32 Å². The van der Waals surface area contributed by atoms with Crippen LogP contribution in [0, 0.1) is 0 Å². The monoisotopic (exact) mass is 1120 g/mol. The lowest BCUT2D eigenvalue weighted by atomic mass is 10.0. The van der Waals surface area contributed by atoms with Gasteiger partial charge in [-0.25, -0.2) is 0 Å². The number of ether oxygens (including phenoxy) is 1. The second-order valence-electron chi connectivity index (χ2n) is 24.9. The third-order valence-corrected chi connectivity index (χ3v) is 16.9. The molecule has 3 N–H and O–H groups in total. The Balaban J connectivity index is 3.34. The summed E-state index contributed by atoms with van der Waals surface area (Å²) in [6.45, 7) is 4.89. The molecule has 0 aromatic carbocycles. The van der Waals surface area contributed by atoms with Crippen LogP contribution < -0.4 is 5.32 Å². The predicted octanol–water partition coefficient (Wildman–Crippen LogP) is 23.5. The van der Waals surface area contributed by atoms with Gasteiger partial charge in [0.15, 0.2) is 0 Å². The minimum absolute atomic E-state index is 0.0103. The standard InChI is InChI=1S/C74H141NO5/c1-3-5-7-9-11-13-15-16-40-43-47-50-54-58-62-66-72(77)71(70-76)75-73(78)67-63-59-55-51-48-44-41-38-36-34-32-30-28-26-24-22-20-18-17-19-21-23-25-27-29-31-33-35-37-39-42-45-49-53-57-61-65-69-80-74(79)68-64-60-56-52-46-14-12-10-8-6-4-2/h10,12,17,19,62,66,71-72,76-77H,3-9,11,13-16,18,20-61,63-65,67-70H2,1-2H3,(H,75,78)/b12-10-,19-17-,66-62+. The van der Waals surface area contributed by atoms with E-state index < -0.39 is 12.1 Å². The van der Waals surface area contributed by atoms with E-state index in [0.717, 1.165) is 44.9 Å². The molecule has 0 spiro atoms. The molecule has 0 rings (SSSR count). The largest absolute Gasteiger partial charge is 0.466 e. The van der Waals surface area contributed by atoms with Gasteiger partial charge in [-0.2, -0.15) is 0 Å². The Bertz CT molecular complexity index is 1300. The highest BCUT2D eigenvalue weighted by molar-refractivity contribution is 5.76. The summed E-state index contributed by atoms with van der Waals surface area (Å²) in [5.74, 6) is -0.0514. The maximum atomic E-state index is 12.5. The highest BCUT2D eigenvalue weighted by Crippen LogP contribution is 2.19. The quantitative estimate of drug-likeness (QED) is 0.0320. The third-order valence-electron chi connectivity index (χ3n) is 16.9. The van der Waals surface area contributed by atoms with Crippen molar-refractivity contribution >= 4 is 11.9 Å². The molecule has 0 aliphatic rings. The van der Waals surface area contributed by atoms with E-state index in [1.165, 1.54) is 327 Å². The van der Waals surface area contributed by atoms with Crippen molar-refractivity contribution < 1.29 is 24.5 Å². The van der Waals surface area contributed by atoms with Gasteiger partial charge in [0.25, 0.3) is 0 Å². The number of unbranched alkanes of at least 4 members (excludes halogenated alkanes) is 53. The summed E-state index contributed by atoms with van der Waals surface area (Å²) in [7, 11) is 0. The van der Waals surface area contributed by atoms with Crippen LogP contribution in [0.1, 0.15) is 399 Å². The zero-order valence-electron chi connectivity index (χ0n) is 54.1. The van der Waals surface area contributed by atoms with E-state index in [4.69, 9.17) is 4.74 Å². The molecule has 0 saturated carbocycles. The topological polar surface area (TPSA) is 95.9 Å². The molecule has 0 fully saturated rings. The van der Waals surface area contributed by atoms with Crippen molar-refractivity contribution in [2.75, 3.05) is 13.2 Å². The molecule has 0 aliphatic carbocycles. The average molecular weight is 1120 g/mol. The van der Waals surface area contributed by atoms with Crippen LogP contribution in [0.25, 0.3) is 0 Å². The number of nitrogens with one attached hydrogen (secondary N) is 1. The molecule has 2 atom stereocenters. The Morgan fingerprint density at radius 2 is 0.600 bits per heavy atom. The third kappa shape index (κ3) is 65.2. The van der Waals surface area contributed by atoms with E-state index in [2.05, 4.69) is 43.5 Å². The second-order valence-corrected chi connectivity index (χ2v) is 24.9. The lowest BCUT2D eigenvalue weighted by molar-refractivity contribution is -0.143. The number of hydrogen-bond donors (Lipinski definition) is 3. The van der Waals surface area contributed by atoms with Crippen molar-refractivity contribution in [1.29, 1.82) is 0 Å². The SMILES string of the molecule is CCCC/C=C\CCCCCCCC(=O)OCCCCCCCCCCCCCCCCCC/C=C\CCCCCCCCCCCCCCCCCCCC(=O)NC(CO)C(O)/C=C/CCCCCCCCCCCCCCC. The van der Waals surface area contributed by atoms with Crippen LogP contribution in [-0.2, 0) is 14.3 Å². The number of rotatable bonds is 68. The molecule has 80 heavy (non-hydrogen) atoms. The molecule has 0 saturated heterocycles. The highest BCUT2D eigenvalue weighted by atomic mass is 16.5. The molecule has 2 unspecified atom stereocenters. The number of carbonyl (C=O) groups is 2. The molecular weight excluding hydrogens is 983 g/mol. The molecule has 0 aromatic rings. The van der Waals surface area contributed by atoms with E-state index in [-0.39, 0.29) is 18.5 Å². The van der Waals surface area contributed by atoms with Crippen LogP contribution in [0.3, 0.4) is 0 Å². The fraction of sp³-hybridized carbons (Fsp3) is 0.892. The lowest BCUT2D eigenvalue weighted by Crippen LogP contribution is -2.45. The minimum atomic E-state index is -0.841. The molecule has 0 heterocycles. The van der Waals surface area contributed by atoms with Crippen LogP contribution in [0.4, 0.5) is 0 Å². The van der Waals surface area contributed by atoms with Gasteiger partial charge in [-0.3, -0.25) is 9.59 Å². The molecule has 0 aliphatic heterocycles. The minimum Gasteiger partial charge on any atom is -0.466 e. The van der Waals surface area contributed by atoms with Crippen LogP contribution in [0.15, 0.2) is 36.5 Å². The highest BCUT2D eigenvalue weighted by Gasteiger charge is 2.18. The van der Waals surface area contributed by atoms with Crippen molar-refractivity contribution in [2.24, 2.45) is 0 Å². The first kappa shape index (κ1) is 78.1. The first-order valence-electron chi connectivity index (χ1n) is 36.3. The van der Waals surface area contributed by atoms with Gasteiger partial charge in [-0.15, -0.1) is 0 Å². The maximum absolute atomic E-state index is 12.5. The molecule has 6 heteroatoms. The molecule has 1 amide bonds. The summed E-state index contributed by atoms with van der Waals surface area (Å²) in [5, 5.41) is 23.2. The molecule has 6 nitrogen and oxygen atoms in total. The Kier molecular flexibility index (Phi) is 67.9. The van der Waals surface area contributed by atoms with Gasteiger partial charge in [0, 0.05) is 12.8 Å². The van der Waals surface area contributed by atoms with Gasteiger partial charge in [-0.05, 0) is 77.0 Å². The first-order valence-corrected chi connectivity index (χ1v) is 36.3. The number of allylic oxidation sites excluding steroid dienone is 5. The Labute approximate surface area is 500 Å². The van der Waals surface area contributed by atoms with E-state index >= 15 is 0 Å². The van der Waals surface area contributed by atoms with Crippen LogP contribution in [-0.4, -0.2) is 47.4 Å². The summed E-state index contributed by atoms with van der Waals surface area (Å²) >= 11 is 0. The number of hydrogen-bond acceptors (Lipinski definition) is 5. The van der Waals surface area contributed by atoms with Crippen LogP contribution in [0.5, 0.6) is 0 Å². The van der Waals surface area contributed by atoms with Crippen LogP contribution in [0.2, 0.25) is 0 Å². The fourth-order valence-corrected chi connectivity index (χ4v) is 11.3. The number of esters is 1. The van der Waals surface area contributed by atoms with Gasteiger partial charge in [0.05, 0.1) is 25.4 Å². The smallest absolute Gasteiger partial charge is 0.305 e. The van der Waals surface area contributed by atoms with Crippen molar-refractivity contribution in [2.45, 2.75) is 411 Å². The lowest BCUT2D eigenvalue weighted by Gasteiger charge is -2.20. The molecule has 0 bridgehead atoms. The van der Waals surface area contributed by atoms with Gasteiger partial charge < -0.3 is 20.3 Å². The Hall–Kier alpha value is -1.92. The molecule has 0 aromatic heterocycles. The van der Waals surface area contributed by atoms with E-state index in [1.807, 2.05) is 6.08 Å². The summed E-state index contributed by atoms with van der Waals surface area (Å²) < 4.78 is 5.47. The fourth-order valence-electron chi connectivity index (χ4n) is 11.3. The van der Waals surface area contributed by atoms with E-state index in [0.29, 0.717) is 19.4 Å². The van der Waals surface area contributed by atoms with Gasteiger partial charge >= 0.3 is 5.97 Å². The zero-order valence-corrected chi connectivity index (χ0v) is 54.1. The van der Waals surface area contributed by atoms with Gasteiger partial charge in [0.1, 0.15) is 0 Å². The predicted molar refractivity (Wildman–Crippen MR) is 352 cm³/mol. The number of amides is 1. The Morgan fingerprint density at radius 3 is 0.925 bits per heavy atom. The van der Waals surface area contributed by atoms with Crippen LogP contribution >= 0.6 is 0 Å². The summed E-state index contributed by atoms with van der Waals surface area (Å²) in [4.78, 5) is 24.5.